The first kappa shape index (κ1) is 21.8. The molecule has 0 aliphatic heterocycles. The number of carbonyl (C=O) groups excluding carboxylic acids is 1. The van der Waals surface area contributed by atoms with E-state index >= 15 is 0 Å². The highest BCUT2D eigenvalue weighted by molar-refractivity contribution is 7.98. The number of ether oxygens (including phenoxy) is 2. The molecule has 3 rings (SSSR count). The Morgan fingerprint density at radius 2 is 1.90 bits per heavy atom. The molecule has 1 amide bonds. The summed E-state index contributed by atoms with van der Waals surface area (Å²) in [6, 6.07) is 13.4. The van der Waals surface area contributed by atoms with Crippen molar-refractivity contribution in [2.75, 3.05) is 26.0 Å². The van der Waals surface area contributed by atoms with Crippen LogP contribution in [0.4, 0.5) is 0 Å². The Hall–Kier alpha value is -2.93. The van der Waals surface area contributed by atoms with Crippen LogP contribution in [0.1, 0.15) is 29.8 Å². The maximum Gasteiger partial charge on any atom is 0.251 e. The average molecular weight is 426 g/mol. The molecule has 6 nitrogen and oxygen atoms in total. The van der Waals surface area contributed by atoms with Crippen molar-refractivity contribution in [1.29, 1.82) is 0 Å². The predicted molar refractivity (Wildman–Crippen MR) is 120 cm³/mol. The third kappa shape index (κ3) is 5.36. The molecular weight excluding hydrogens is 398 g/mol. The molecule has 0 radical (unpaired) electrons. The van der Waals surface area contributed by atoms with Gasteiger partial charge < -0.3 is 14.8 Å². The van der Waals surface area contributed by atoms with Gasteiger partial charge in [0.2, 0.25) is 0 Å². The fourth-order valence-electron chi connectivity index (χ4n) is 3.11. The van der Waals surface area contributed by atoms with Crippen LogP contribution < -0.4 is 14.8 Å². The minimum absolute atomic E-state index is 0.0985. The lowest BCUT2D eigenvalue weighted by Crippen LogP contribution is -2.25. The van der Waals surface area contributed by atoms with Crippen molar-refractivity contribution in [3.63, 3.8) is 0 Å². The number of imidazole rings is 1. The quantitative estimate of drug-likeness (QED) is 0.489. The third-order valence-electron chi connectivity index (χ3n) is 4.48. The van der Waals surface area contributed by atoms with Crippen molar-refractivity contribution < 1.29 is 14.3 Å². The van der Waals surface area contributed by atoms with Gasteiger partial charge in [0.1, 0.15) is 0 Å². The van der Waals surface area contributed by atoms with E-state index in [0.29, 0.717) is 31.7 Å². The molecule has 0 bridgehead atoms. The number of amides is 1. The monoisotopic (exact) mass is 425 g/mol. The number of benzene rings is 2. The number of hydrogen-bond donors (Lipinski definition) is 1. The second-order valence-corrected chi connectivity index (χ2v) is 7.26. The van der Waals surface area contributed by atoms with Gasteiger partial charge in [-0.25, -0.2) is 4.98 Å². The molecule has 0 aliphatic rings. The third-order valence-corrected chi connectivity index (χ3v) is 5.15. The van der Waals surface area contributed by atoms with E-state index in [2.05, 4.69) is 10.3 Å². The summed E-state index contributed by atoms with van der Waals surface area (Å²) >= 11 is 1.56. The lowest BCUT2D eigenvalue weighted by molar-refractivity contribution is 0.0954. The van der Waals surface area contributed by atoms with Crippen LogP contribution in [-0.4, -0.2) is 41.5 Å². The first-order valence-electron chi connectivity index (χ1n) is 10.0. The van der Waals surface area contributed by atoms with E-state index in [0.717, 1.165) is 27.9 Å². The molecule has 2 aromatic carbocycles. The molecule has 0 fully saturated rings. The molecule has 0 saturated heterocycles. The maximum atomic E-state index is 12.6. The van der Waals surface area contributed by atoms with Crippen molar-refractivity contribution in [3.8, 4) is 17.2 Å². The van der Waals surface area contributed by atoms with Crippen LogP contribution >= 0.6 is 11.8 Å². The second-order valence-electron chi connectivity index (χ2n) is 6.49. The van der Waals surface area contributed by atoms with Gasteiger partial charge in [-0.1, -0.05) is 23.9 Å². The molecule has 30 heavy (non-hydrogen) atoms. The molecule has 0 spiro atoms. The summed E-state index contributed by atoms with van der Waals surface area (Å²) in [4.78, 5) is 16.9. The molecule has 1 N–H and O–H groups in total. The normalized spacial score (nSPS) is 10.6. The molecule has 3 aromatic rings. The van der Waals surface area contributed by atoms with E-state index in [1.807, 2.05) is 73.3 Å². The minimum atomic E-state index is -0.0985. The van der Waals surface area contributed by atoms with E-state index in [9.17, 15) is 4.79 Å². The molecular formula is C23H27N3O3S. The Morgan fingerprint density at radius 1 is 1.10 bits per heavy atom. The van der Waals surface area contributed by atoms with E-state index in [1.165, 1.54) is 0 Å². The van der Waals surface area contributed by atoms with Gasteiger partial charge in [0.05, 0.1) is 13.2 Å². The van der Waals surface area contributed by atoms with Crippen molar-refractivity contribution >= 4 is 17.7 Å². The van der Waals surface area contributed by atoms with Gasteiger partial charge in [-0.2, -0.15) is 0 Å². The fourth-order valence-corrected chi connectivity index (χ4v) is 3.64. The summed E-state index contributed by atoms with van der Waals surface area (Å²) in [5.74, 6) is 1.38. The predicted octanol–water partition coefficient (Wildman–Crippen LogP) is 4.36. The molecule has 0 saturated carbocycles. The number of thioether (sulfide) groups is 1. The summed E-state index contributed by atoms with van der Waals surface area (Å²) < 4.78 is 13.2. The van der Waals surface area contributed by atoms with E-state index in [-0.39, 0.29) is 5.91 Å². The molecule has 0 unspecified atom stereocenters. The van der Waals surface area contributed by atoms with Gasteiger partial charge >= 0.3 is 0 Å². The van der Waals surface area contributed by atoms with Crippen molar-refractivity contribution in [2.45, 2.75) is 25.4 Å². The molecule has 1 heterocycles. The Labute approximate surface area is 181 Å². The Bertz CT molecular complexity index is 987. The summed E-state index contributed by atoms with van der Waals surface area (Å²) in [5.41, 5.74) is 2.62. The number of nitrogens with zero attached hydrogens (tertiary/aromatic N) is 2. The highest BCUT2D eigenvalue weighted by atomic mass is 32.2. The summed E-state index contributed by atoms with van der Waals surface area (Å²) in [6.07, 6.45) is 6.33. The number of nitrogens with one attached hydrogen (secondary N) is 1. The van der Waals surface area contributed by atoms with Crippen molar-refractivity contribution in [3.05, 3.63) is 66.0 Å². The SMILES string of the molecule is CCOc1ccc(CCNC(=O)c2cccc(-n3ccnc3SC)c2)cc1OCC. The Morgan fingerprint density at radius 3 is 2.67 bits per heavy atom. The first-order valence-corrected chi connectivity index (χ1v) is 11.2. The maximum absolute atomic E-state index is 12.6. The Kier molecular flexibility index (Phi) is 7.79. The van der Waals surface area contributed by atoms with Gasteiger partial charge in [-0.05, 0) is 62.4 Å². The van der Waals surface area contributed by atoms with Crippen LogP contribution in [0.15, 0.2) is 60.0 Å². The lowest BCUT2D eigenvalue weighted by atomic mass is 10.1. The smallest absolute Gasteiger partial charge is 0.251 e. The molecule has 7 heteroatoms. The number of aromatic nitrogens is 2. The lowest BCUT2D eigenvalue weighted by Gasteiger charge is -2.13. The van der Waals surface area contributed by atoms with Crippen molar-refractivity contribution in [1.82, 2.24) is 14.9 Å². The van der Waals surface area contributed by atoms with Gasteiger partial charge in [0.25, 0.3) is 5.91 Å². The van der Waals surface area contributed by atoms with Crippen LogP contribution in [0.3, 0.4) is 0 Å². The van der Waals surface area contributed by atoms with Crippen molar-refractivity contribution in [2.24, 2.45) is 0 Å². The van der Waals surface area contributed by atoms with Gasteiger partial charge in [-0.3, -0.25) is 9.36 Å². The molecule has 1 aromatic heterocycles. The Balaban J connectivity index is 1.62. The largest absolute Gasteiger partial charge is 0.490 e. The molecule has 0 aliphatic carbocycles. The van der Waals surface area contributed by atoms with E-state index in [1.54, 1.807) is 18.0 Å². The number of carbonyl (C=O) groups is 1. The zero-order chi connectivity index (χ0) is 21.3. The average Bonchev–Trinajstić information content (AvgIpc) is 3.25. The summed E-state index contributed by atoms with van der Waals surface area (Å²) in [7, 11) is 0. The minimum Gasteiger partial charge on any atom is -0.490 e. The van der Waals surface area contributed by atoms with Crippen LogP contribution in [0.25, 0.3) is 5.69 Å². The highest BCUT2D eigenvalue weighted by Gasteiger charge is 2.10. The summed E-state index contributed by atoms with van der Waals surface area (Å²) in [6.45, 7) is 5.59. The highest BCUT2D eigenvalue weighted by Crippen LogP contribution is 2.28. The topological polar surface area (TPSA) is 65.4 Å². The standard InChI is InChI=1S/C23H27N3O3S/c1-4-28-20-10-9-17(15-21(20)29-5-2)11-12-24-22(27)18-7-6-8-19(16-18)26-14-13-25-23(26)30-3/h6-10,13-16H,4-5,11-12H2,1-3H3,(H,24,27). The number of rotatable bonds is 10. The second kappa shape index (κ2) is 10.7. The van der Waals surface area contributed by atoms with Gasteiger partial charge in [-0.15, -0.1) is 0 Å². The van der Waals surface area contributed by atoms with E-state index in [4.69, 9.17) is 9.47 Å². The van der Waals surface area contributed by atoms with Crippen LogP contribution in [0.5, 0.6) is 11.5 Å². The van der Waals surface area contributed by atoms with Crippen LogP contribution in [0.2, 0.25) is 0 Å². The van der Waals surface area contributed by atoms with Gasteiger partial charge in [0.15, 0.2) is 16.7 Å². The fraction of sp³-hybridized carbons (Fsp3) is 0.304. The summed E-state index contributed by atoms with van der Waals surface area (Å²) in [5, 5.41) is 3.88. The van der Waals surface area contributed by atoms with Crippen LogP contribution in [-0.2, 0) is 6.42 Å². The molecule has 158 valence electrons. The molecule has 0 atom stereocenters. The van der Waals surface area contributed by atoms with Crippen LogP contribution in [0, 0.1) is 0 Å². The first-order chi connectivity index (χ1) is 14.7. The number of hydrogen-bond acceptors (Lipinski definition) is 5. The van der Waals surface area contributed by atoms with Gasteiger partial charge in [0, 0.05) is 30.2 Å². The van der Waals surface area contributed by atoms with E-state index < -0.39 is 0 Å². The zero-order valence-electron chi connectivity index (χ0n) is 17.6. The zero-order valence-corrected chi connectivity index (χ0v) is 18.4.